The van der Waals surface area contributed by atoms with Crippen LogP contribution in [-0.4, -0.2) is 31.0 Å². The Hall–Kier alpha value is -3.16. The number of anilines is 1. The molecule has 0 radical (unpaired) electrons. The van der Waals surface area contributed by atoms with Gasteiger partial charge in [0.2, 0.25) is 0 Å². The Labute approximate surface area is 144 Å². The second kappa shape index (κ2) is 8.62. The van der Waals surface area contributed by atoms with Crippen molar-refractivity contribution in [1.29, 1.82) is 0 Å². The zero-order chi connectivity index (χ0) is 18.2. The van der Waals surface area contributed by atoms with Gasteiger partial charge in [0.15, 0.2) is 11.6 Å². The Kier molecular flexibility index (Phi) is 6.27. The Balaban J connectivity index is 1.83. The number of nitrogens with zero attached hydrogens (tertiary/aromatic N) is 1. The molecule has 0 fully saturated rings. The van der Waals surface area contributed by atoms with Gasteiger partial charge in [0.1, 0.15) is 5.69 Å². The van der Waals surface area contributed by atoms with Gasteiger partial charge in [-0.3, -0.25) is 14.9 Å². The number of rotatable bonds is 8. The van der Waals surface area contributed by atoms with E-state index in [2.05, 4.69) is 10.6 Å². The van der Waals surface area contributed by atoms with Gasteiger partial charge in [-0.15, -0.1) is 0 Å². The number of halogens is 1. The molecule has 1 amide bonds. The third kappa shape index (κ3) is 4.90. The van der Waals surface area contributed by atoms with E-state index in [1.54, 1.807) is 19.2 Å². The summed E-state index contributed by atoms with van der Waals surface area (Å²) in [5.74, 6) is -0.702. The van der Waals surface area contributed by atoms with Gasteiger partial charge in [-0.05, 0) is 30.7 Å². The maximum atomic E-state index is 13.4. The predicted octanol–water partition coefficient (Wildman–Crippen LogP) is 2.97. The van der Waals surface area contributed by atoms with Crippen LogP contribution >= 0.6 is 0 Å². The Morgan fingerprint density at radius 3 is 2.72 bits per heavy atom. The van der Waals surface area contributed by atoms with Gasteiger partial charge in [-0.25, -0.2) is 4.39 Å². The molecule has 0 saturated heterocycles. The molecule has 0 saturated carbocycles. The third-order valence-electron chi connectivity index (χ3n) is 3.43. The average Bonchev–Trinajstić information content (AvgIpc) is 2.62. The quantitative estimate of drug-likeness (QED) is 0.435. The SMILES string of the molecule is CNc1ccc(C(=O)NCCCOc2ccccc2F)cc1[N+](=O)[O-]. The molecule has 7 nitrogen and oxygen atoms in total. The molecular weight excluding hydrogens is 329 g/mol. The van der Waals surface area contributed by atoms with Crippen molar-refractivity contribution in [2.75, 3.05) is 25.5 Å². The monoisotopic (exact) mass is 347 g/mol. The Bertz CT molecular complexity index is 767. The Morgan fingerprint density at radius 1 is 1.28 bits per heavy atom. The highest BCUT2D eigenvalue weighted by atomic mass is 19.1. The molecular formula is C17H18FN3O4. The van der Waals surface area contributed by atoms with Gasteiger partial charge in [-0.1, -0.05) is 12.1 Å². The van der Waals surface area contributed by atoms with Crippen LogP contribution < -0.4 is 15.4 Å². The van der Waals surface area contributed by atoms with Gasteiger partial charge in [0, 0.05) is 25.2 Å². The number of nitro benzene ring substituents is 1. The summed E-state index contributed by atoms with van der Waals surface area (Å²) in [6.45, 7) is 0.537. The maximum absolute atomic E-state index is 13.4. The van der Waals surface area contributed by atoms with Crippen molar-refractivity contribution in [3.05, 3.63) is 64.0 Å². The molecule has 0 aliphatic rings. The second-order valence-electron chi connectivity index (χ2n) is 5.13. The number of carbonyl (C=O) groups is 1. The van der Waals surface area contributed by atoms with Crippen molar-refractivity contribution in [1.82, 2.24) is 5.32 Å². The zero-order valence-corrected chi connectivity index (χ0v) is 13.6. The van der Waals surface area contributed by atoms with Gasteiger partial charge in [0.05, 0.1) is 11.5 Å². The van der Waals surface area contributed by atoms with Crippen LogP contribution in [0.15, 0.2) is 42.5 Å². The van der Waals surface area contributed by atoms with E-state index in [0.29, 0.717) is 18.7 Å². The van der Waals surface area contributed by atoms with Crippen molar-refractivity contribution < 1.29 is 18.8 Å². The Morgan fingerprint density at radius 2 is 2.04 bits per heavy atom. The fourth-order valence-electron chi connectivity index (χ4n) is 2.16. The van der Waals surface area contributed by atoms with E-state index in [1.165, 1.54) is 30.3 Å². The molecule has 0 aromatic heterocycles. The van der Waals surface area contributed by atoms with Crippen molar-refractivity contribution in [3.8, 4) is 5.75 Å². The molecule has 8 heteroatoms. The van der Waals surface area contributed by atoms with Crippen LogP contribution in [0.25, 0.3) is 0 Å². The summed E-state index contributed by atoms with van der Waals surface area (Å²) in [5, 5.41) is 16.4. The van der Waals surface area contributed by atoms with Crippen LogP contribution in [0.2, 0.25) is 0 Å². The number of hydrogen-bond donors (Lipinski definition) is 2. The summed E-state index contributed by atoms with van der Waals surface area (Å²) in [6.07, 6.45) is 0.469. The molecule has 2 N–H and O–H groups in total. The van der Waals surface area contributed by atoms with Crippen LogP contribution in [0.4, 0.5) is 15.8 Å². The predicted molar refractivity (Wildman–Crippen MR) is 91.5 cm³/mol. The number of benzene rings is 2. The van der Waals surface area contributed by atoms with Crippen molar-refractivity contribution in [3.63, 3.8) is 0 Å². The maximum Gasteiger partial charge on any atom is 0.293 e. The molecule has 2 rings (SSSR count). The minimum absolute atomic E-state index is 0.159. The van der Waals surface area contributed by atoms with Crippen LogP contribution in [-0.2, 0) is 0 Å². The van der Waals surface area contributed by atoms with Gasteiger partial charge in [0.25, 0.3) is 11.6 Å². The number of carbonyl (C=O) groups excluding carboxylic acids is 1. The topological polar surface area (TPSA) is 93.5 Å². The standard InChI is InChI=1S/C17H18FN3O4/c1-19-14-8-7-12(11-15(14)21(23)24)17(22)20-9-4-10-25-16-6-3-2-5-13(16)18/h2-3,5-8,11,19H,4,9-10H2,1H3,(H,20,22). The first-order chi connectivity index (χ1) is 12.0. The molecule has 25 heavy (non-hydrogen) atoms. The molecule has 0 heterocycles. The number of hydrogen-bond acceptors (Lipinski definition) is 5. The third-order valence-corrected chi connectivity index (χ3v) is 3.43. The average molecular weight is 347 g/mol. The summed E-state index contributed by atoms with van der Waals surface area (Å²) in [5.41, 5.74) is 0.360. The number of para-hydroxylation sites is 1. The van der Waals surface area contributed by atoms with E-state index in [1.807, 2.05) is 0 Å². The number of nitro groups is 1. The van der Waals surface area contributed by atoms with Crippen molar-refractivity contribution in [2.24, 2.45) is 0 Å². The minimum atomic E-state index is -0.551. The van der Waals surface area contributed by atoms with E-state index in [-0.39, 0.29) is 23.6 Å². The first kappa shape index (κ1) is 18.2. The van der Waals surface area contributed by atoms with Crippen LogP contribution in [0, 0.1) is 15.9 Å². The van der Waals surface area contributed by atoms with E-state index >= 15 is 0 Å². The van der Waals surface area contributed by atoms with Gasteiger partial charge >= 0.3 is 0 Å². The largest absolute Gasteiger partial charge is 0.490 e. The van der Waals surface area contributed by atoms with Crippen LogP contribution in [0.3, 0.4) is 0 Å². The number of ether oxygens (including phenoxy) is 1. The van der Waals surface area contributed by atoms with Gasteiger partial charge in [-0.2, -0.15) is 0 Å². The lowest BCUT2D eigenvalue weighted by Crippen LogP contribution is -2.25. The lowest BCUT2D eigenvalue weighted by atomic mass is 10.1. The van der Waals surface area contributed by atoms with E-state index in [9.17, 15) is 19.3 Å². The van der Waals surface area contributed by atoms with Gasteiger partial charge < -0.3 is 15.4 Å². The lowest BCUT2D eigenvalue weighted by Gasteiger charge is -2.09. The summed E-state index contributed by atoms with van der Waals surface area (Å²) in [6, 6.07) is 10.3. The molecule has 2 aromatic carbocycles. The first-order valence-electron chi connectivity index (χ1n) is 7.64. The summed E-state index contributed by atoms with van der Waals surface area (Å²) >= 11 is 0. The van der Waals surface area contributed by atoms with E-state index in [4.69, 9.17) is 4.74 Å². The fourth-order valence-corrected chi connectivity index (χ4v) is 2.16. The normalized spacial score (nSPS) is 10.2. The first-order valence-corrected chi connectivity index (χ1v) is 7.64. The highest BCUT2D eigenvalue weighted by molar-refractivity contribution is 5.95. The van der Waals surface area contributed by atoms with Crippen LogP contribution in [0.1, 0.15) is 16.8 Å². The van der Waals surface area contributed by atoms with Crippen LogP contribution in [0.5, 0.6) is 5.75 Å². The molecule has 0 atom stereocenters. The molecule has 2 aromatic rings. The number of amides is 1. The molecule has 0 bridgehead atoms. The number of nitrogens with one attached hydrogen (secondary N) is 2. The van der Waals surface area contributed by atoms with E-state index in [0.717, 1.165) is 0 Å². The molecule has 0 aliphatic heterocycles. The summed E-state index contributed by atoms with van der Waals surface area (Å²) < 4.78 is 18.6. The smallest absolute Gasteiger partial charge is 0.293 e. The summed E-state index contributed by atoms with van der Waals surface area (Å²) in [4.78, 5) is 22.5. The lowest BCUT2D eigenvalue weighted by molar-refractivity contribution is -0.384. The van der Waals surface area contributed by atoms with Crippen molar-refractivity contribution >= 4 is 17.3 Å². The molecule has 132 valence electrons. The highest BCUT2D eigenvalue weighted by Gasteiger charge is 2.16. The fraction of sp³-hybridized carbons (Fsp3) is 0.235. The molecule has 0 unspecified atom stereocenters. The van der Waals surface area contributed by atoms with E-state index < -0.39 is 16.6 Å². The second-order valence-corrected chi connectivity index (χ2v) is 5.13. The molecule has 0 aliphatic carbocycles. The minimum Gasteiger partial charge on any atom is -0.490 e. The highest BCUT2D eigenvalue weighted by Crippen LogP contribution is 2.24. The summed E-state index contributed by atoms with van der Waals surface area (Å²) in [7, 11) is 1.57. The zero-order valence-electron chi connectivity index (χ0n) is 13.6. The van der Waals surface area contributed by atoms with Crippen molar-refractivity contribution in [2.45, 2.75) is 6.42 Å². The molecule has 0 spiro atoms.